The number of fused-ring (bicyclic) bond motifs is 3. The molecule has 0 aliphatic carbocycles. The Morgan fingerprint density at radius 1 is 1.24 bits per heavy atom. The maximum absolute atomic E-state index is 13.3. The van der Waals surface area contributed by atoms with E-state index in [2.05, 4.69) is 4.98 Å². The van der Waals surface area contributed by atoms with Crippen LogP contribution in [0.3, 0.4) is 0 Å². The van der Waals surface area contributed by atoms with Crippen molar-refractivity contribution in [1.29, 1.82) is 0 Å². The SMILES string of the molecule is CCOC(=O)CC/C=C/c1ccc2ncc3c(c2c1)N(c1cccc(C(F)(F)F)c1)C(C=O)O3. The van der Waals surface area contributed by atoms with Gasteiger partial charge in [0.15, 0.2) is 12.0 Å². The molecule has 0 bridgehead atoms. The van der Waals surface area contributed by atoms with Gasteiger partial charge in [-0.15, -0.1) is 0 Å². The summed E-state index contributed by atoms with van der Waals surface area (Å²) in [5.41, 5.74) is 1.20. The molecule has 0 saturated carbocycles. The summed E-state index contributed by atoms with van der Waals surface area (Å²) in [6.45, 7) is 2.08. The van der Waals surface area contributed by atoms with Gasteiger partial charge in [-0.1, -0.05) is 24.3 Å². The first-order valence-electron chi connectivity index (χ1n) is 10.6. The molecule has 0 amide bonds. The predicted octanol–water partition coefficient (Wildman–Crippen LogP) is 5.67. The van der Waals surface area contributed by atoms with Gasteiger partial charge in [-0.2, -0.15) is 13.2 Å². The second-order valence-corrected chi connectivity index (χ2v) is 7.56. The van der Waals surface area contributed by atoms with Crippen molar-refractivity contribution < 1.29 is 32.2 Å². The Morgan fingerprint density at radius 3 is 2.79 bits per heavy atom. The molecule has 1 aliphatic heterocycles. The molecule has 1 atom stereocenters. The van der Waals surface area contributed by atoms with Gasteiger partial charge in [0.1, 0.15) is 0 Å². The number of ether oxygens (including phenoxy) is 2. The Bertz CT molecular complexity index is 1260. The second-order valence-electron chi connectivity index (χ2n) is 7.56. The molecule has 0 N–H and O–H groups in total. The molecule has 34 heavy (non-hydrogen) atoms. The molecule has 2 aromatic carbocycles. The van der Waals surface area contributed by atoms with Crippen LogP contribution in [0.1, 0.15) is 30.9 Å². The van der Waals surface area contributed by atoms with Gasteiger partial charge >= 0.3 is 12.1 Å². The summed E-state index contributed by atoms with van der Waals surface area (Å²) in [7, 11) is 0. The van der Waals surface area contributed by atoms with Crippen LogP contribution in [0.25, 0.3) is 17.0 Å². The summed E-state index contributed by atoms with van der Waals surface area (Å²) in [5.74, 6) is 0.0203. The fourth-order valence-electron chi connectivity index (χ4n) is 3.78. The van der Waals surface area contributed by atoms with E-state index in [0.717, 1.165) is 17.7 Å². The first kappa shape index (κ1) is 23.3. The van der Waals surface area contributed by atoms with Crippen LogP contribution in [0.5, 0.6) is 5.75 Å². The predicted molar refractivity (Wildman–Crippen MR) is 121 cm³/mol. The van der Waals surface area contributed by atoms with E-state index in [0.29, 0.717) is 41.7 Å². The van der Waals surface area contributed by atoms with Gasteiger partial charge in [-0.05, 0) is 49.2 Å². The highest BCUT2D eigenvalue weighted by Crippen LogP contribution is 2.46. The molecular weight excluding hydrogens is 449 g/mol. The van der Waals surface area contributed by atoms with Crippen molar-refractivity contribution in [3.63, 3.8) is 0 Å². The summed E-state index contributed by atoms with van der Waals surface area (Å²) < 4.78 is 50.5. The van der Waals surface area contributed by atoms with Crippen LogP contribution in [0.2, 0.25) is 0 Å². The van der Waals surface area contributed by atoms with Gasteiger partial charge in [-0.25, -0.2) is 0 Å². The minimum atomic E-state index is -4.53. The Balaban J connectivity index is 1.72. The number of anilines is 2. The Hall–Kier alpha value is -3.88. The van der Waals surface area contributed by atoms with Gasteiger partial charge in [0, 0.05) is 17.5 Å². The van der Waals surface area contributed by atoms with E-state index < -0.39 is 18.0 Å². The first-order valence-corrected chi connectivity index (χ1v) is 10.6. The van der Waals surface area contributed by atoms with Crippen molar-refractivity contribution in [3.8, 4) is 5.75 Å². The number of pyridine rings is 1. The van der Waals surface area contributed by atoms with E-state index in [1.165, 1.54) is 23.2 Å². The Kier molecular flexibility index (Phi) is 6.54. The van der Waals surface area contributed by atoms with Crippen molar-refractivity contribution in [2.24, 2.45) is 0 Å². The van der Waals surface area contributed by atoms with E-state index in [9.17, 15) is 22.8 Å². The topological polar surface area (TPSA) is 68.7 Å². The van der Waals surface area contributed by atoms with Crippen LogP contribution in [-0.4, -0.2) is 30.1 Å². The smallest absolute Gasteiger partial charge is 0.416 e. The van der Waals surface area contributed by atoms with E-state index >= 15 is 0 Å². The lowest BCUT2D eigenvalue weighted by Gasteiger charge is -2.23. The number of nitrogens with zero attached hydrogens (tertiary/aromatic N) is 2. The van der Waals surface area contributed by atoms with Gasteiger partial charge in [0.25, 0.3) is 0 Å². The lowest BCUT2D eigenvalue weighted by Crippen LogP contribution is -2.32. The van der Waals surface area contributed by atoms with Crippen molar-refractivity contribution in [3.05, 3.63) is 65.9 Å². The molecular formula is C25H21F3N2O4. The summed E-state index contributed by atoms with van der Waals surface area (Å²) in [6, 6.07) is 10.2. The fourth-order valence-corrected chi connectivity index (χ4v) is 3.78. The number of rotatable bonds is 7. The second kappa shape index (κ2) is 9.54. The first-order chi connectivity index (χ1) is 16.3. The van der Waals surface area contributed by atoms with Crippen LogP contribution in [-0.2, 0) is 20.5 Å². The standard InChI is InChI=1S/C25H21F3N2O4/c1-2-33-23(32)9-4-3-6-16-10-11-20-19(12-16)24-21(14-29-20)34-22(15-31)30(24)18-8-5-7-17(13-18)25(26,27)28/h3,5-8,10-15,22H,2,4,9H2,1H3/b6-3+. The summed E-state index contributed by atoms with van der Waals surface area (Å²) in [5, 5.41) is 0.617. The third-order valence-corrected chi connectivity index (χ3v) is 5.27. The van der Waals surface area contributed by atoms with E-state index in [1.807, 2.05) is 24.3 Å². The molecule has 0 fully saturated rings. The largest absolute Gasteiger partial charge is 0.466 e. The lowest BCUT2D eigenvalue weighted by atomic mass is 10.1. The summed E-state index contributed by atoms with van der Waals surface area (Å²) in [4.78, 5) is 29.0. The molecule has 9 heteroatoms. The maximum atomic E-state index is 13.3. The minimum Gasteiger partial charge on any atom is -0.466 e. The number of aromatic nitrogens is 1. The van der Waals surface area contributed by atoms with Crippen molar-refractivity contribution in [2.75, 3.05) is 11.5 Å². The molecule has 4 rings (SSSR count). The molecule has 1 aliphatic rings. The monoisotopic (exact) mass is 470 g/mol. The van der Waals surface area contributed by atoms with E-state index in [1.54, 1.807) is 13.0 Å². The van der Waals surface area contributed by atoms with Crippen LogP contribution >= 0.6 is 0 Å². The molecule has 1 unspecified atom stereocenters. The number of halogens is 3. The highest BCUT2D eigenvalue weighted by atomic mass is 19.4. The number of carbonyl (C=O) groups excluding carboxylic acids is 2. The van der Waals surface area contributed by atoms with Crippen LogP contribution in [0.15, 0.2) is 54.7 Å². The maximum Gasteiger partial charge on any atom is 0.416 e. The van der Waals surface area contributed by atoms with Crippen LogP contribution in [0.4, 0.5) is 24.5 Å². The normalized spacial score (nSPS) is 15.4. The molecule has 0 spiro atoms. The number of hydrogen-bond donors (Lipinski definition) is 0. The molecule has 1 aromatic heterocycles. The number of alkyl halides is 3. The fraction of sp³-hybridized carbons (Fsp3) is 0.240. The lowest BCUT2D eigenvalue weighted by molar-refractivity contribution is -0.143. The van der Waals surface area contributed by atoms with E-state index in [4.69, 9.17) is 9.47 Å². The van der Waals surface area contributed by atoms with E-state index in [-0.39, 0.29) is 18.1 Å². The number of esters is 1. The third kappa shape index (κ3) is 4.73. The highest BCUT2D eigenvalue weighted by molar-refractivity contribution is 6.00. The Labute approximate surface area is 193 Å². The zero-order chi connectivity index (χ0) is 24.3. The molecule has 176 valence electrons. The van der Waals surface area contributed by atoms with Gasteiger partial charge in [0.05, 0.1) is 29.6 Å². The van der Waals surface area contributed by atoms with Gasteiger partial charge < -0.3 is 9.47 Å². The molecule has 6 nitrogen and oxygen atoms in total. The molecule has 0 saturated heterocycles. The number of allylic oxidation sites excluding steroid dienone is 1. The summed E-state index contributed by atoms with van der Waals surface area (Å²) in [6.07, 6.45) is 0.750. The Morgan fingerprint density at radius 2 is 2.06 bits per heavy atom. The van der Waals surface area contributed by atoms with Crippen molar-refractivity contribution in [2.45, 2.75) is 32.2 Å². The molecule has 0 radical (unpaired) electrons. The van der Waals surface area contributed by atoms with Crippen molar-refractivity contribution in [1.82, 2.24) is 4.98 Å². The molecule has 3 aromatic rings. The highest BCUT2D eigenvalue weighted by Gasteiger charge is 2.36. The average molecular weight is 470 g/mol. The zero-order valence-electron chi connectivity index (χ0n) is 18.2. The van der Waals surface area contributed by atoms with Crippen LogP contribution in [0, 0.1) is 0 Å². The zero-order valence-corrected chi connectivity index (χ0v) is 18.2. The number of aldehydes is 1. The van der Waals surface area contributed by atoms with Crippen molar-refractivity contribution >= 4 is 40.6 Å². The average Bonchev–Trinajstić information content (AvgIpc) is 3.21. The number of hydrogen-bond acceptors (Lipinski definition) is 6. The third-order valence-electron chi connectivity index (χ3n) is 5.27. The number of benzene rings is 2. The van der Waals surface area contributed by atoms with Crippen LogP contribution < -0.4 is 9.64 Å². The molecule has 2 heterocycles. The van der Waals surface area contributed by atoms with Gasteiger partial charge in [-0.3, -0.25) is 19.5 Å². The summed E-state index contributed by atoms with van der Waals surface area (Å²) >= 11 is 0. The minimum absolute atomic E-state index is 0.175. The quantitative estimate of drug-likeness (QED) is 0.328. The van der Waals surface area contributed by atoms with Gasteiger partial charge in [0.2, 0.25) is 6.23 Å². The number of carbonyl (C=O) groups is 2.